The van der Waals surface area contributed by atoms with Gasteiger partial charge in [-0.2, -0.15) is 0 Å². The van der Waals surface area contributed by atoms with E-state index in [0.29, 0.717) is 12.1 Å². The molecular weight excluding hydrogens is 480 g/mol. The number of amides is 3. The Hall–Kier alpha value is -2.87. The van der Waals surface area contributed by atoms with E-state index in [1.807, 2.05) is 50.3 Å². The number of benzene rings is 1. The molecule has 38 heavy (non-hydrogen) atoms. The molecule has 0 unspecified atom stereocenters. The van der Waals surface area contributed by atoms with Gasteiger partial charge in [-0.05, 0) is 62.8 Å². The minimum atomic E-state index is -0.808. The van der Waals surface area contributed by atoms with Crippen molar-refractivity contribution < 1.29 is 19.5 Å². The molecule has 0 spiro atoms. The molecule has 8 nitrogen and oxygen atoms in total. The molecule has 1 heterocycles. The number of likely N-dealkylation sites (tertiary alicyclic amines) is 1. The van der Waals surface area contributed by atoms with Crippen molar-refractivity contribution in [3.8, 4) is 0 Å². The van der Waals surface area contributed by atoms with Crippen LogP contribution in [-0.2, 0) is 14.4 Å². The summed E-state index contributed by atoms with van der Waals surface area (Å²) in [6, 6.07) is 6.41. The van der Waals surface area contributed by atoms with Crippen LogP contribution >= 0.6 is 0 Å². The normalized spacial score (nSPS) is 25.3. The van der Waals surface area contributed by atoms with Crippen LogP contribution in [0.1, 0.15) is 53.9 Å². The summed E-state index contributed by atoms with van der Waals surface area (Å²) < 4.78 is 0. The summed E-state index contributed by atoms with van der Waals surface area (Å²) in [5.74, 6) is -2.17. The molecule has 1 aliphatic heterocycles. The monoisotopic (exact) mass is 526 g/mol. The van der Waals surface area contributed by atoms with Gasteiger partial charge >= 0.3 is 0 Å². The molecule has 210 valence electrons. The van der Waals surface area contributed by atoms with Crippen LogP contribution in [0.4, 0.5) is 11.4 Å². The van der Waals surface area contributed by atoms with Crippen molar-refractivity contribution in [2.45, 2.75) is 66.0 Å². The second-order valence-corrected chi connectivity index (χ2v) is 10.9. The van der Waals surface area contributed by atoms with Crippen LogP contribution in [0.2, 0.25) is 0 Å². The van der Waals surface area contributed by atoms with Crippen molar-refractivity contribution in [1.82, 2.24) is 10.2 Å². The van der Waals surface area contributed by atoms with Crippen LogP contribution in [0.5, 0.6) is 0 Å². The van der Waals surface area contributed by atoms with Gasteiger partial charge in [-0.1, -0.05) is 39.3 Å². The van der Waals surface area contributed by atoms with Crippen molar-refractivity contribution in [3.63, 3.8) is 0 Å². The summed E-state index contributed by atoms with van der Waals surface area (Å²) in [7, 11) is 1.59. The number of nitrogens with one attached hydrogen (secondary N) is 2. The molecule has 2 aliphatic rings. The average Bonchev–Trinajstić information content (AvgIpc) is 3.20. The Bertz CT molecular complexity index is 988. The molecule has 0 saturated carbocycles. The van der Waals surface area contributed by atoms with Gasteiger partial charge in [-0.25, -0.2) is 0 Å². The van der Waals surface area contributed by atoms with Gasteiger partial charge in [0.15, 0.2) is 0 Å². The number of hydrogen-bond donors (Lipinski definition) is 3. The number of anilines is 2. The summed E-state index contributed by atoms with van der Waals surface area (Å²) in [4.78, 5) is 44.9. The van der Waals surface area contributed by atoms with Crippen molar-refractivity contribution in [2.24, 2.45) is 29.6 Å². The minimum Gasteiger partial charge on any atom is -0.394 e. The number of rotatable bonds is 12. The van der Waals surface area contributed by atoms with Crippen molar-refractivity contribution in [1.29, 1.82) is 0 Å². The van der Waals surface area contributed by atoms with E-state index < -0.39 is 29.8 Å². The smallest absolute Gasteiger partial charge is 0.247 e. The maximum absolute atomic E-state index is 14.1. The van der Waals surface area contributed by atoms with Crippen molar-refractivity contribution in [3.05, 3.63) is 36.4 Å². The van der Waals surface area contributed by atoms with Crippen LogP contribution in [0.3, 0.4) is 0 Å². The highest BCUT2D eigenvalue weighted by Crippen LogP contribution is 2.46. The summed E-state index contributed by atoms with van der Waals surface area (Å²) in [5, 5.41) is 16.1. The molecule has 3 amide bonds. The Labute approximate surface area is 227 Å². The molecule has 0 bridgehead atoms. The Kier molecular flexibility index (Phi) is 10.4. The van der Waals surface area contributed by atoms with E-state index in [0.717, 1.165) is 31.6 Å². The van der Waals surface area contributed by atoms with E-state index in [9.17, 15) is 19.5 Å². The maximum atomic E-state index is 14.1. The van der Waals surface area contributed by atoms with Gasteiger partial charge in [0.25, 0.3) is 0 Å². The SMILES string of the molecule is CCC[C@@H]1C=C[C@H]2[C@H](C(=O)N([C@@H](CO)CC(C)C)[C@@H]2C(=O)Nc2ccc(N(CC)CC)cc2)[C@@H]1C(=O)NC. The Balaban J connectivity index is 1.99. The predicted octanol–water partition coefficient (Wildman–Crippen LogP) is 3.67. The highest BCUT2D eigenvalue weighted by Gasteiger charge is 2.58. The zero-order valence-electron chi connectivity index (χ0n) is 23.8. The van der Waals surface area contributed by atoms with Crippen LogP contribution in [0.25, 0.3) is 0 Å². The van der Waals surface area contributed by atoms with Crippen LogP contribution < -0.4 is 15.5 Å². The third-order valence-corrected chi connectivity index (χ3v) is 8.10. The van der Waals surface area contributed by atoms with Gasteiger partial charge in [0, 0.05) is 37.4 Å². The molecule has 6 atom stereocenters. The number of aliphatic hydroxyl groups excluding tert-OH is 1. The number of nitrogens with zero attached hydrogens (tertiary/aromatic N) is 2. The molecular formula is C30H46N4O4. The minimum absolute atomic E-state index is 0.0703. The largest absolute Gasteiger partial charge is 0.394 e. The first-order chi connectivity index (χ1) is 18.2. The molecule has 1 aromatic rings. The zero-order valence-corrected chi connectivity index (χ0v) is 23.8. The van der Waals surface area contributed by atoms with Gasteiger partial charge < -0.3 is 25.5 Å². The van der Waals surface area contributed by atoms with Gasteiger partial charge in [-0.15, -0.1) is 0 Å². The van der Waals surface area contributed by atoms with E-state index in [4.69, 9.17) is 0 Å². The summed E-state index contributed by atoms with van der Waals surface area (Å²) >= 11 is 0. The highest BCUT2D eigenvalue weighted by atomic mass is 16.3. The first-order valence-corrected chi connectivity index (χ1v) is 14.2. The number of carbonyl (C=O) groups is 3. The number of allylic oxidation sites excluding steroid dienone is 1. The lowest BCUT2D eigenvalue weighted by Gasteiger charge is -2.34. The van der Waals surface area contributed by atoms with Gasteiger partial charge in [0.05, 0.1) is 24.5 Å². The first kappa shape index (κ1) is 29.7. The number of fused-ring (bicyclic) bond motifs is 1. The molecule has 0 radical (unpaired) electrons. The lowest BCUT2D eigenvalue weighted by atomic mass is 9.68. The fourth-order valence-corrected chi connectivity index (χ4v) is 6.35. The Morgan fingerprint density at radius 2 is 1.71 bits per heavy atom. The van der Waals surface area contributed by atoms with E-state index in [1.165, 1.54) is 0 Å². The molecule has 1 aliphatic carbocycles. The van der Waals surface area contributed by atoms with Crippen molar-refractivity contribution in [2.75, 3.05) is 37.0 Å². The molecule has 0 aromatic heterocycles. The van der Waals surface area contributed by atoms with E-state index in [2.05, 4.69) is 36.3 Å². The van der Waals surface area contributed by atoms with Gasteiger partial charge in [-0.3, -0.25) is 14.4 Å². The van der Waals surface area contributed by atoms with E-state index in [-0.39, 0.29) is 36.2 Å². The van der Waals surface area contributed by atoms with E-state index in [1.54, 1.807) is 11.9 Å². The summed E-state index contributed by atoms with van der Waals surface area (Å²) in [6.07, 6.45) is 6.24. The van der Waals surface area contributed by atoms with Crippen LogP contribution in [0, 0.1) is 29.6 Å². The Morgan fingerprint density at radius 1 is 1.05 bits per heavy atom. The number of aliphatic hydroxyl groups is 1. The molecule has 1 fully saturated rings. The number of carbonyl (C=O) groups excluding carboxylic acids is 3. The molecule has 1 aromatic carbocycles. The molecule has 8 heteroatoms. The lowest BCUT2D eigenvalue weighted by Crippen LogP contribution is -2.51. The van der Waals surface area contributed by atoms with Crippen molar-refractivity contribution >= 4 is 29.1 Å². The van der Waals surface area contributed by atoms with Crippen LogP contribution in [0.15, 0.2) is 36.4 Å². The summed E-state index contributed by atoms with van der Waals surface area (Å²) in [5.41, 5.74) is 1.73. The average molecular weight is 527 g/mol. The van der Waals surface area contributed by atoms with Crippen LogP contribution in [-0.4, -0.2) is 66.6 Å². The predicted molar refractivity (Wildman–Crippen MR) is 152 cm³/mol. The zero-order chi connectivity index (χ0) is 28.0. The number of hydrogen-bond acceptors (Lipinski definition) is 5. The fourth-order valence-electron chi connectivity index (χ4n) is 6.35. The fraction of sp³-hybridized carbons (Fsp3) is 0.633. The molecule has 1 saturated heterocycles. The second-order valence-electron chi connectivity index (χ2n) is 10.9. The topological polar surface area (TPSA) is 102 Å². The molecule has 3 N–H and O–H groups in total. The van der Waals surface area contributed by atoms with Gasteiger partial charge in [0.1, 0.15) is 6.04 Å². The second kappa shape index (κ2) is 13.3. The Morgan fingerprint density at radius 3 is 2.24 bits per heavy atom. The quantitative estimate of drug-likeness (QED) is 0.361. The third-order valence-electron chi connectivity index (χ3n) is 8.10. The highest BCUT2D eigenvalue weighted by molar-refractivity contribution is 6.02. The van der Waals surface area contributed by atoms with E-state index >= 15 is 0 Å². The lowest BCUT2D eigenvalue weighted by molar-refractivity contribution is -0.143. The molecule has 3 rings (SSSR count). The summed E-state index contributed by atoms with van der Waals surface area (Å²) in [6.45, 7) is 11.9. The first-order valence-electron chi connectivity index (χ1n) is 14.2. The third kappa shape index (κ3) is 6.06. The maximum Gasteiger partial charge on any atom is 0.247 e. The van der Waals surface area contributed by atoms with Gasteiger partial charge in [0.2, 0.25) is 17.7 Å². The standard InChI is InChI=1S/C30H46N4O4/c1-7-10-20-11-16-24-26(25(20)28(36)31-6)30(38)34(23(18-35)17-19(4)5)27(24)29(37)32-21-12-14-22(15-13-21)33(8-2)9-3/h11-16,19-20,23-27,35H,7-10,17-18H2,1-6H3,(H,31,36)(H,32,37)/t20-,23-,24+,25-,26+,27+/m1/s1.